The number of aliphatic hydroxyl groups is 1. The number of carbonyl (C=O) groups is 3. The highest BCUT2D eigenvalue weighted by molar-refractivity contribution is 5.89. The molecule has 0 aromatic heterocycles. The average molecular weight is 358 g/mol. The molecule has 0 heterocycles. The lowest BCUT2D eigenvalue weighted by Crippen LogP contribution is -2.37. The van der Waals surface area contributed by atoms with E-state index in [-0.39, 0.29) is 44.0 Å². The zero-order valence-corrected chi connectivity index (χ0v) is 15.8. The van der Waals surface area contributed by atoms with Gasteiger partial charge >= 0.3 is 11.9 Å². The van der Waals surface area contributed by atoms with Gasteiger partial charge in [-0.3, -0.25) is 9.59 Å². The van der Waals surface area contributed by atoms with Crippen molar-refractivity contribution in [2.24, 2.45) is 0 Å². The van der Waals surface area contributed by atoms with Crippen LogP contribution in [0.3, 0.4) is 0 Å². The van der Waals surface area contributed by atoms with Gasteiger partial charge in [0.25, 0.3) is 0 Å². The third kappa shape index (κ3) is 11.4. The van der Waals surface area contributed by atoms with Gasteiger partial charge in [0, 0.05) is 12.0 Å². The van der Waals surface area contributed by atoms with Crippen molar-refractivity contribution in [3.63, 3.8) is 0 Å². The van der Waals surface area contributed by atoms with Crippen LogP contribution in [0.5, 0.6) is 0 Å². The lowest BCUT2D eigenvalue weighted by atomic mass is 9.99. The second kappa shape index (κ2) is 10.3. The van der Waals surface area contributed by atoms with E-state index in [0.29, 0.717) is 6.42 Å². The number of ether oxygens (including phenoxy) is 3. The Balaban J connectivity index is 4.04. The molecular formula is C18H30O7. The first-order valence-corrected chi connectivity index (χ1v) is 8.23. The molecule has 25 heavy (non-hydrogen) atoms. The minimum Gasteiger partial charge on any atom is -0.462 e. The maximum atomic E-state index is 12.1. The maximum Gasteiger partial charge on any atom is 0.333 e. The minimum absolute atomic E-state index is 0.0140. The van der Waals surface area contributed by atoms with Crippen LogP contribution in [0, 0.1) is 0 Å². The summed E-state index contributed by atoms with van der Waals surface area (Å²) in [4.78, 5) is 34.9. The van der Waals surface area contributed by atoms with Gasteiger partial charge in [0.1, 0.15) is 18.8 Å². The van der Waals surface area contributed by atoms with E-state index in [1.807, 2.05) is 0 Å². The number of ketones is 1. The molecule has 0 spiro atoms. The van der Waals surface area contributed by atoms with Gasteiger partial charge in [0.05, 0.1) is 18.6 Å². The van der Waals surface area contributed by atoms with E-state index in [1.54, 1.807) is 27.7 Å². The van der Waals surface area contributed by atoms with Crippen LogP contribution >= 0.6 is 0 Å². The van der Waals surface area contributed by atoms with E-state index >= 15 is 0 Å². The minimum atomic E-state index is -1.04. The van der Waals surface area contributed by atoms with Crippen LogP contribution < -0.4 is 0 Å². The standard InChI is InChI=1S/C18H30O7/c1-13(2)16(21)24-12-11-23-15(20)8-7-14(19)18(5,6)25-10-9-17(3,4)22/h22H,1,7-12H2,2-6H3. The van der Waals surface area contributed by atoms with E-state index in [2.05, 4.69) is 6.58 Å². The van der Waals surface area contributed by atoms with Crippen molar-refractivity contribution < 1.29 is 33.7 Å². The van der Waals surface area contributed by atoms with Crippen LogP contribution in [0.25, 0.3) is 0 Å². The largest absolute Gasteiger partial charge is 0.462 e. The summed E-state index contributed by atoms with van der Waals surface area (Å²) < 4.78 is 15.2. The first-order valence-electron chi connectivity index (χ1n) is 8.23. The Labute approximate surface area is 149 Å². The van der Waals surface area contributed by atoms with E-state index in [9.17, 15) is 19.5 Å². The summed E-state index contributed by atoms with van der Waals surface area (Å²) in [5.74, 6) is -1.32. The zero-order valence-electron chi connectivity index (χ0n) is 15.8. The molecule has 0 atom stereocenters. The molecular weight excluding hydrogens is 328 g/mol. The number of rotatable bonds is 12. The highest BCUT2D eigenvalue weighted by Gasteiger charge is 2.29. The molecule has 0 amide bonds. The Morgan fingerprint density at radius 2 is 1.52 bits per heavy atom. The van der Waals surface area contributed by atoms with Crippen LogP contribution in [0.2, 0.25) is 0 Å². The third-order valence-corrected chi connectivity index (χ3v) is 3.33. The summed E-state index contributed by atoms with van der Waals surface area (Å²) in [7, 11) is 0. The van der Waals surface area contributed by atoms with E-state index in [1.165, 1.54) is 6.92 Å². The summed E-state index contributed by atoms with van der Waals surface area (Å²) >= 11 is 0. The molecule has 0 aliphatic carbocycles. The fraction of sp³-hybridized carbons (Fsp3) is 0.722. The molecule has 0 rings (SSSR count). The molecule has 0 unspecified atom stereocenters. The van der Waals surface area contributed by atoms with Crippen LogP contribution in [-0.2, 0) is 28.6 Å². The van der Waals surface area contributed by atoms with E-state index in [4.69, 9.17) is 14.2 Å². The predicted octanol–water partition coefficient (Wildman–Crippen LogP) is 1.95. The average Bonchev–Trinajstić information content (AvgIpc) is 2.47. The summed E-state index contributed by atoms with van der Waals surface area (Å²) in [5.41, 5.74) is -1.64. The first kappa shape index (κ1) is 23.3. The zero-order chi connectivity index (χ0) is 19.7. The Morgan fingerprint density at radius 3 is 2.04 bits per heavy atom. The van der Waals surface area contributed by atoms with Gasteiger partial charge in [-0.25, -0.2) is 4.79 Å². The number of esters is 2. The molecule has 0 fully saturated rings. The summed E-state index contributed by atoms with van der Waals surface area (Å²) in [6.07, 6.45) is 0.306. The van der Waals surface area contributed by atoms with Crippen molar-refractivity contribution in [3.8, 4) is 0 Å². The van der Waals surface area contributed by atoms with Crippen molar-refractivity contribution >= 4 is 17.7 Å². The van der Waals surface area contributed by atoms with Gasteiger partial charge in [0.2, 0.25) is 0 Å². The SMILES string of the molecule is C=C(C)C(=O)OCCOC(=O)CCC(=O)C(C)(C)OCCC(C)(C)O. The monoisotopic (exact) mass is 358 g/mol. The molecule has 0 aliphatic heterocycles. The van der Waals surface area contributed by atoms with Crippen molar-refractivity contribution in [2.75, 3.05) is 19.8 Å². The highest BCUT2D eigenvalue weighted by Crippen LogP contribution is 2.17. The molecule has 0 aliphatic rings. The normalized spacial score (nSPS) is 11.8. The molecule has 0 bridgehead atoms. The Kier molecular flexibility index (Phi) is 9.59. The molecule has 7 nitrogen and oxygen atoms in total. The molecule has 0 aromatic rings. The number of Topliss-reactive ketones (excluding diaryl/α,β-unsaturated/α-hetero) is 1. The van der Waals surface area contributed by atoms with Gasteiger partial charge in [-0.2, -0.15) is 0 Å². The van der Waals surface area contributed by atoms with Crippen molar-refractivity contribution in [2.45, 2.75) is 65.1 Å². The van der Waals surface area contributed by atoms with Gasteiger partial charge in [-0.15, -0.1) is 0 Å². The number of hydrogen-bond acceptors (Lipinski definition) is 7. The summed E-state index contributed by atoms with van der Waals surface area (Å²) in [5, 5.41) is 9.63. The van der Waals surface area contributed by atoms with Crippen molar-refractivity contribution in [1.29, 1.82) is 0 Å². The highest BCUT2D eigenvalue weighted by atomic mass is 16.6. The molecule has 0 saturated carbocycles. The second-order valence-electron chi connectivity index (χ2n) is 6.98. The fourth-order valence-corrected chi connectivity index (χ4v) is 1.64. The van der Waals surface area contributed by atoms with Crippen molar-refractivity contribution in [1.82, 2.24) is 0 Å². The summed E-state index contributed by atoms with van der Waals surface area (Å²) in [6.45, 7) is 11.6. The van der Waals surface area contributed by atoms with Gasteiger partial charge in [0.15, 0.2) is 5.78 Å². The van der Waals surface area contributed by atoms with E-state index in [0.717, 1.165) is 0 Å². The smallest absolute Gasteiger partial charge is 0.333 e. The molecule has 0 aromatic carbocycles. The Bertz CT molecular complexity index is 486. The quantitative estimate of drug-likeness (QED) is 0.323. The fourth-order valence-electron chi connectivity index (χ4n) is 1.64. The topological polar surface area (TPSA) is 99.1 Å². The first-order chi connectivity index (χ1) is 11.3. The second-order valence-corrected chi connectivity index (χ2v) is 6.98. The van der Waals surface area contributed by atoms with Gasteiger partial charge in [-0.1, -0.05) is 6.58 Å². The number of carbonyl (C=O) groups excluding carboxylic acids is 3. The molecule has 0 radical (unpaired) electrons. The third-order valence-electron chi connectivity index (χ3n) is 3.33. The molecule has 0 saturated heterocycles. The van der Waals surface area contributed by atoms with Gasteiger partial charge < -0.3 is 19.3 Å². The van der Waals surface area contributed by atoms with Crippen LogP contribution in [-0.4, -0.2) is 53.9 Å². The van der Waals surface area contributed by atoms with E-state index < -0.39 is 23.1 Å². The van der Waals surface area contributed by atoms with Crippen LogP contribution in [0.1, 0.15) is 53.9 Å². The van der Waals surface area contributed by atoms with Gasteiger partial charge in [-0.05, 0) is 41.0 Å². The number of hydrogen-bond donors (Lipinski definition) is 1. The lowest BCUT2D eigenvalue weighted by molar-refractivity contribution is -0.152. The maximum absolute atomic E-state index is 12.1. The van der Waals surface area contributed by atoms with Crippen LogP contribution in [0.15, 0.2) is 12.2 Å². The molecule has 144 valence electrons. The Morgan fingerprint density at radius 1 is 0.960 bits per heavy atom. The van der Waals surface area contributed by atoms with Crippen molar-refractivity contribution in [3.05, 3.63) is 12.2 Å². The molecule has 7 heteroatoms. The lowest BCUT2D eigenvalue weighted by Gasteiger charge is -2.26. The van der Waals surface area contributed by atoms with Crippen LogP contribution in [0.4, 0.5) is 0 Å². The molecule has 1 N–H and O–H groups in total. The Hall–Kier alpha value is -1.73. The summed E-state index contributed by atoms with van der Waals surface area (Å²) in [6, 6.07) is 0. The predicted molar refractivity (Wildman–Crippen MR) is 91.9 cm³/mol.